The minimum absolute atomic E-state index is 0.000891. The Bertz CT molecular complexity index is 1750. The molecule has 5 N–H and O–H groups in total. The molecule has 0 spiro atoms. The summed E-state index contributed by atoms with van der Waals surface area (Å²) in [5.74, 6) is -0.0999. The number of nitrogens with one attached hydrogen (secondary N) is 2. The number of amides is 2. The molecule has 0 radical (unpaired) electrons. The van der Waals surface area contributed by atoms with E-state index in [4.69, 9.17) is 15.2 Å². The summed E-state index contributed by atoms with van der Waals surface area (Å²) in [4.78, 5) is 30.2. The third-order valence-corrected chi connectivity index (χ3v) is 10.0. The molecule has 4 aromatic rings. The van der Waals surface area contributed by atoms with Crippen molar-refractivity contribution >= 4 is 28.9 Å². The number of anilines is 3. The van der Waals surface area contributed by atoms with Gasteiger partial charge in [-0.1, -0.05) is 91.7 Å². The number of rotatable bonds is 16. The molecule has 0 bridgehead atoms. The first-order chi connectivity index (χ1) is 25.9. The number of ether oxygens (including phenoxy) is 2. The van der Waals surface area contributed by atoms with Crippen LogP contribution in [0.25, 0.3) is 0 Å². The van der Waals surface area contributed by atoms with Gasteiger partial charge in [-0.25, -0.2) is 0 Å². The van der Waals surface area contributed by atoms with Crippen LogP contribution in [0.3, 0.4) is 0 Å². The van der Waals surface area contributed by atoms with Crippen LogP contribution in [0.1, 0.15) is 79.6 Å². The number of nitrogen functional groups attached to an aromatic ring is 1. The fourth-order valence-electron chi connectivity index (χ4n) is 7.03. The predicted molar refractivity (Wildman–Crippen MR) is 209 cm³/mol. The van der Waals surface area contributed by atoms with Gasteiger partial charge in [0.2, 0.25) is 11.8 Å². The maximum atomic E-state index is 12.9. The molecule has 2 fully saturated rings. The summed E-state index contributed by atoms with van der Waals surface area (Å²) < 4.78 is 13.2. The summed E-state index contributed by atoms with van der Waals surface area (Å²) >= 11 is 0. The van der Waals surface area contributed by atoms with Crippen LogP contribution in [0, 0.1) is 0 Å². The lowest BCUT2D eigenvalue weighted by atomic mass is 9.99. The van der Waals surface area contributed by atoms with E-state index in [2.05, 4.69) is 50.8 Å². The maximum Gasteiger partial charge on any atom is 0.224 e. The standard InChI is InChI=1S/C43H53N5O5/c44-38-15-8-9-16-39(38)46-42(51)18-7-2-1-6-17-41(50)45-36-14-10-13-35(27-36)43-52-37(28-40(53-43)34-21-19-33(31-49)20-22-34)30-48-25-23-47(24-26-48)29-32-11-4-3-5-12-32/h3-5,8-16,19-22,27,37,40,43,49H,1-2,6-7,17-18,23-26,28-31,44H2,(H,45,50)(H,46,51). The van der Waals surface area contributed by atoms with Crippen LogP contribution in [0.4, 0.5) is 17.1 Å². The number of nitrogens with two attached hydrogens (primary N) is 1. The fraction of sp³-hybridized carbons (Fsp3) is 0.395. The zero-order chi connectivity index (χ0) is 36.8. The van der Waals surface area contributed by atoms with Crippen LogP contribution in [0.15, 0.2) is 103 Å². The number of carbonyl (C=O) groups is 2. The van der Waals surface area contributed by atoms with Gasteiger partial charge in [0.15, 0.2) is 6.29 Å². The molecule has 280 valence electrons. The Labute approximate surface area is 313 Å². The number of piperazine rings is 1. The van der Waals surface area contributed by atoms with E-state index in [1.165, 1.54) is 5.56 Å². The first-order valence-corrected chi connectivity index (χ1v) is 19.0. The summed E-state index contributed by atoms with van der Waals surface area (Å²) in [5.41, 5.74) is 11.9. The molecule has 3 unspecified atom stereocenters. The molecule has 2 amide bonds. The highest BCUT2D eigenvalue weighted by atomic mass is 16.7. The van der Waals surface area contributed by atoms with Crippen molar-refractivity contribution in [2.24, 2.45) is 0 Å². The molecule has 2 aliphatic rings. The number of hydrogen-bond donors (Lipinski definition) is 4. The van der Waals surface area contributed by atoms with Gasteiger partial charge >= 0.3 is 0 Å². The van der Waals surface area contributed by atoms with E-state index in [1.807, 2.05) is 60.7 Å². The lowest BCUT2D eigenvalue weighted by Crippen LogP contribution is -2.49. The quantitative estimate of drug-likeness (QED) is 0.0717. The summed E-state index contributed by atoms with van der Waals surface area (Å²) in [6, 6.07) is 33.6. The summed E-state index contributed by atoms with van der Waals surface area (Å²) in [5, 5.41) is 15.5. The highest BCUT2D eigenvalue weighted by Gasteiger charge is 2.34. The molecule has 6 rings (SSSR count). The number of aliphatic hydroxyl groups excluding tert-OH is 1. The first kappa shape index (κ1) is 38.2. The minimum atomic E-state index is -0.594. The minimum Gasteiger partial charge on any atom is -0.397 e. The Morgan fingerprint density at radius 1 is 0.698 bits per heavy atom. The third kappa shape index (κ3) is 11.7. The second-order valence-electron chi connectivity index (χ2n) is 14.1. The Kier molecular flexibility index (Phi) is 14.0. The zero-order valence-corrected chi connectivity index (χ0v) is 30.5. The zero-order valence-electron chi connectivity index (χ0n) is 30.5. The highest BCUT2D eigenvalue weighted by molar-refractivity contribution is 5.93. The van der Waals surface area contributed by atoms with E-state index < -0.39 is 6.29 Å². The lowest BCUT2D eigenvalue weighted by molar-refractivity contribution is -0.253. The van der Waals surface area contributed by atoms with Crippen molar-refractivity contribution in [3.8, 4) is 0 Å². The second-order valence-corrected chi connectivity index (χ2v) is 14.1. The van der Waals surface area contributed by atoms with Gasteiger partial charge in [0.25, 0.3) is 0 Å². The number of unbranched alkanes of at least 4 members (excludes halogenated alkanes) is 3. The van der Waals surface area contributed by atoms with Crippen molar-refractivity contribution in [1.29, 1.82) is 0 Å². The van der Waals surface area contributed by atoms with Gasteiger partial charge < -0.3 is 30.9 Å². The SMILES string of the molecule is Nc1ccccc1NC(=O)CCCCCCC(=O)Nc1cccc(C2OC(CN3CCN(Cc4ccccc4)CC3)CC(c3ccc(CO)cc3)O2)c1. The number of hydrogen-bond acceptors (Lipinski definition) is 8. The molecule has 2 heterocycles. The van der Waals surface area contributed by atoms with Gasteiger partial charge in [-0.2, -0.15) is 0 Å². The van der Waals surface area contributed by atoms with Crippen molar-refractivity contribution < 1.29 is 24.2 Å². The van der Waals surface area contributed by atoms with Crippen LogP contribution in [0.5, 0.6) is 0 Å². The third-order valence-electron chi connectivity index (χ3n) is 10.0. The second kappa shape index (κ2) is 19.5. The van der Waals surface area contributed by atoms with Crippen LogP contribution in [-0.4, -0.2) is 65.5 Å². The topological polar surface area (TPSA) is 129 Å². The van der Waals surface area contributed by atoms with Gasteiger partial charge in [0.1, 0.15) is 0 Å². The average Bonchev–Trinajstić information content (AvgIpc) is 3.18. The number of para-hydroxylation sites is 2. The molecule has 2 saturated heterocycles. The lowest BCUT2D eigenvalue weighted by Gasteiger charge is -2.41. The summed E-state index contributed by atoms with van der Waals surface area (Å²) in [7, 11) is 0. The van der Waals surface area contributed by atoms with Gasteiger partial charge in [-0.15, -0.1) is 0 Å². The van der Waals surface area contributed by atoms with Crippen molar-refractivity contribution in [1.82, 2.24) is 9.80 Å². The van der Waals surface area contributed by atoms with Crippen molar-refractivity contribution in [3.05, 3.63) is 125 Å². The van der Waals surface area contributed by atoms with E-state index in [0.29, 0.717) is 29.9 Å². The molecule has 10 nitrogen and oxygen atoms in total. The van der Waals surface area contributed by atoms with E-state index in [0.717, 1.165) is 88.1 Å². The van der Waals surface area contributed by atoms with E-state index in [1.54, 1.807) is 12.1 Å². The molecule has 10 heteroatoms. The van der Waals surface area contributed by atoms with Gasteiger partial charge in [0, 0.05) is 69.8 Å². The number of carbonyl (C=O) groups excluding carboxylic acids is 2. The van der Waals surface area contributed by atoms with E-state index in [-0.39, 0.29) is 30.6 Å². The molecule has 2 aliphatic heterocycles. The summed E-state index contributed by atoms with van der Waals surface area (Å²) in [6.07, 6.45) is 3.95. The van der Waals surface area contributed by atoms with Gasteiger partial charge in [-0.3, -0.25) is 19.4 Å². The van der Waals surface area contributed by atoms with Gasteiger partial charge in [-0.05, 0) is 53.8 Å². The smallest absolute Gasteiger partial charge is 0.224 e. The van der Waals surface area contributed by atoms with Crippen molar-refractivity contribution in [2.45, 2.75) is 76.6 Å². The van der Waals surface area contributed by atoms with Crippen molar-refractivity contribution in [3.63, 3.8) is 0 Å². The molecule has 0 aliphatic carbocycles. The van der Waals surface area contributed by atoms with E-state index in [9.17, 15) is 14.7 Å². The highest BCUT2D eigenvalue weighted by Crippen LogP contribution is 2.39. The maximum absolute atomic E-state index is 12.9. The Morgan fingerprint density at radius 3 is 2.09 bits per heavy atom. The normalized spacial score (nSPS) is 19.5. The predicted octanol–water partition coefficient (Wildman–Crippen LogP) is 7.04. The molecule has 3 atom stereocenters. The van der Waals surface area contributed by atoms with Crippen LogP contribution >= 0.6 is 0 Å². The van der Waals surface area contributed by atoms with Crippen LogP contribution in [-0.2, 0) is 32.2 Å². The number of benzene rings is 4. The van der Waals surface area contributed by atoms with E-state index >= 15 is 0 Å². The number of aliphatic hydroxyl groups is 1. The molecule has 0 aromatic heterocycles. The number of nitrogens with zero attached hydrogens (tertiary/aromatic N) is 2. The monoisotopic (exact) mass is 719 g/mol. The summed E-state index contributed by atoms with van der Waals surface area (Å²) in [6.45, 7) is 5.76. The molecular formula is C43H53N5O5. The fourth-order valence-corrected chi connectivity index (χ4v) is 7.03. The molecule has 4 aromatic carbocycles. The van der Waals surface area contributed by atoms with Crippen LogP contribution < -0.4 is 16.4 Å². The molecule has 53 heavy (non-hydrogen) atoms. The van der Waals surface area contributed by atoms with Gasteiger partial charge in [0.05, 0.1) is 30.2 Å². The van der Waals surface area contributed by atoms with Crippen molar-refractivity contribution in [2.75, 3.05) is 49.1 Å². The average molecular weight is 720 g/mol. The Balaban J connectivity index is 0.990. The molecular weight excluding hydrogens is 667 g/mol. The van der Waals surface area contributed by atoms with Crippen LogP contribution in [0.2, 0.25) is 0 Å². The molecule has 0 saturated carbocycles. The largest absolute Gasteiger partial charge is 0.397 e. The Morgan fingerprint density at radius 2 is 1.38 bits per heavy atom. The first-order valence-electron chi connectivity index (χ1n) is 19.0. The Hall–Kier alpha value is -4.58.